The fourth-order valence-corrected chi connectivity index (χ4v) is 2.74. The highest BCUT2D eigenvalue weighted by Crippen LogP contribution is 2.23. The van der Waals surface area contributed by atoms with Crippen molar-refractivity contribution >= 4 is 23.2 Å². The summed E-state index contributed by atoms with van der Waals surface area (Å²) in [7, 11) is 0. The summed E-state index contributed by atoms with van der Waals surface area (Å²) in [6.45, 7) is 7.23. The molecule has 0 bridgehead atoms. The van der Waals surface area contributed by atoms with Gasteiger partial charge in [0.2, 0.25) is 5.91 Å². The minimum atomic E-state index is -0.429. The summed E-state index contributed by atoms with van der Waals surface area (Å²) in [5.74, 6) is -0.591. The van der Waals surface area contributed by atoms with E-state index in [2.05, 4.69) is 10.2 Å². The normalized spacial score (nSPS) is 24.6. The fraction of sp³-hybridized carbons (Fsp3) is 0.533. The SMILES string of the molecule is C[C@@H]1CN([C@H](C)C(=O)Nc2ccc(F)cc2Cl)C[C@H](C)O1. The van der Waals surface area contributed by atoms with E-state index < -0.39 is 5.82 Å². The minimum absolute atomic E-state index is 0.0957. The molecule has 1 heterocycles. The number of carbonyl (C=O) groups excluding carboxylic acids is 1. The van der Waals surface area contributed by atoms with Gasteiger partial charge in [-0.2, -0.15) is 0 Å². The molecule has 1 aromatic rings. The Morgan fingerprint density at radius 2 is 2.05 bits per heavy atom. The van der Waals surface area contributed by atoms with Crippen molar-refractivity contribution in [3.8, 4) is 0 Å². The molecule has 6 heteroatoms. The topological polar surface area (TPSA) is 41.6 Å². The van der Waals surface area contributed by atoms with Crippen molar-refractivity contribution in [1.82, 2.24) is 4.90 Å². The summed E-state index contributed by atoms with van der Waals surface area (Å²) in [6.07, 6.45) is 0.191. The molecule has 1 saturated heterocycles. The molecule has 0 aliphatic carbocycles. The fourth-order valence-electron chi connectivity index (χ4n) is 2.53. The van der Waals surface area contributed by atoms with Crippen molar-refractivity contribution in [2.75, 3.05) is 18.4 Å². The van der Waals surface area contributed by atoms with Gasteiger partial charge in [-0.1, -0.05) is 11.6 Å². The summed E-state index contributed by atoms with van der Waals surface area (Å²) >= 11 is 5.92. The number of hydrogen-bond acceptors (Lipinski definition) is 3. The van der Waals surface area contributed by atoms with E-state index in [1.54, 1.807) is 0 Å². The summed E-state index contributed by atoms with van der Waals surface area (Å²) in [4.78, 5) is 14.4. The number of amides is 1. The number of carbonyl (C=O) groups is 1. The number of halogens is 2. The molecule has 1 aromatic carbocycles. The first-order valence-electron chi connectivity index (χ1n) is 7.02. The van der Waals surface area contributed by atoms with Gasteiger partial charge in [-0.25, -0.2) is 4.39 Å². The lowest BCUT2D eigenvalue weighted by Crippen LogP contribution is -2.52. The van der Waals surface area contributed by atoms with Gasteiger partial charge >= 0.3 is 0 Å². The molecule has 0 unspecified atom stereocenters. The molecule has 1 aliphatic heterocycles. The Morgan fingerprint density at radius 3 is 2.62 bits per heavy atom. The first-order chi connectivity index (χ1) is 9.86. The number of rotatable bonds is 3. The highest BCUT2D eigenvalue weighted by molar-refractivity contribution is 6.33. The lowest BCUT2D eigenvalue weighted by Gasteiger charge is -2.38. The maximum Gasteiger partial charge on any atom is 0.241 e. The molecule has 2 rings (SSSR count). The Bertz CT molecular complexity index is 516. The van der Waals surface area contributed by atoms with Crippen LogP contribution in [0.2, 0.25) is 5.02 Å². The minimum Gasteiger partial charge on any atom is -0.373 e. The number of ether oxygens (including phenoxy) is 1. The molecule has 21 heavy (non-hydrogen) atoms. The van der Waals surface area contributed by atoms with Crippen LogP contribution in [-0.2, 0) is 9.53 Å². The highest BCUT2D eigenvalue weighted by atomic mass is 35.5. The summed E-state index contributed by atoms with van der Waals surface area (Å²) in [6, 6.07) is 3.61. The van der Waals surface area contributed by atoms with E-state index in [0.717, 1.165) is 0 Å². The number of anilines is 1. The lowest BCUT2D eigenvalue weighted by molar-refractivity contribution is -0.126. The second-order valence-electron chi connectivity index (χ2n) is 5.50. The van der Waals surface area contributed by atoms with Crippen LogP contribution in [0, 0.1) is 5.82 Å². The van der Waals surface area contributed by atoms with Crippen molar-refractivity contribution in [2.45, 2.75) is 39.0 Å². The molecule has 4 nitrogen and oxygen atoms in total. The zero-order chi connectivity index (χ0) is 15.6. The number of hydrogen-bond donors (Lipinski definition) is 1. The molecule has 0 spiro atoms. The quantitative estimate of drug-likeness (QED) is 0.932. The van der Waals surface area contributed by atoms with Crippen LogP contribution in [-0.4, -0.2) is 42.1 Å². The molecule has 1 amide bonds. The van der Waals surface area contributed by atoms with Crippen molar-refractivity contribution in [1.29, 1.82) is 0 Å². The van der Waals surface area contributed by atoms with Crippen LogP contribution in [0.15, 0.2) is 18.2 Å². The Morgan fingerprint density at radius 1 is 1.43 bits per heavy atom. The van der Waals surface area contributed by atoms with Crippen molar-refractivity contribution in [2.24, 2.45) is 0 Å². The van der Waals surface area contributed by atoms with Gasteiger partial charge in [0.1, 0.15) is 5.82 Å². The van der Waals surface area contributed by atoms with Crippen molar-refractivity contribution in [3.63, 3.8) is 0 Å². The smallest absolute Gasteiger partial charge is 0.241 e. The van der Waals surface area contributed by atoms with Crippen LogP contribution < -0.4 is 5.32 Å². The van der Waals surface area contributed by atoms with Gasteiger partial charge in [-0.15, -0.1) is 0 Å². The van der Waals surface area contributed by atoms with E-state index in [9.17, 15) is 9.18 Å². The monoisotopic (exact) mass is 314 g/mol. The predicted molar refractivity (Wildman–Crippen MR) is 81.1 cm³/mol. The summed E-state index contributed by atoms with van der Waals surface area (Å²) in [5, 5.41) is 2.94. The Hall–Kier alpha value is -1.17. The lowest BCUT2D eigenvalue weighted by atomic mass is 10.1. The van der Waals surface area contributed by atoms with Gasteiger partial charge in [-0.05, 0) is 39.0 Å². The maximum absolute atomic E-state index is 13.0. The van der Waals surface area contributed by atoms with E-state index in [4.69, 9.17) is 16.3 Å². The molecule has 1 N–H and O–H groups in total. The van der Waals surface area contributed by atoms with Crippen LogP contribution in [0.25, 0.3) is 0 Å². The summed E-state index contributed by atoms with van der Waals surface area (Å²) < 4.78 is 18.7. The molecular weight excluding hydrogens is 295 g/mol. The first kappa shape index (κ1) is 16.2. The van der Waals surface area contributed by atoms with E-state index in [0.29, 0.717) is 18.8 Å². The van der Waals surface area contributed by atoms with Gasteiger partial charge in [0.15, 0.2) is 0 Å². The maximum atomic E-state index is 13.0. The second kappa shape index (κ2) is 6.73. The summed E-state index contributed by atoms with van der Waals surface area (Å²) in [5.41, 5.74) is 0.421. The van der Waals surface area contributed by atoms with Crippen LogP contribution in [0.1, 0.15) is 20.8 Å². The van der Waals surface area contributed by atoms with Crippen molar-refractivity contribution < 1.29 is 13.9 Å². The number of nitrogens with zero attached hydrogens (tertiary/aromatic N) is 1. The Balaban J connectivity index is 2.02. The molecular formula is C15H20ClFN2O2. The van der Waals surface area contributed by atoms with Crippen LogP contribution in [0.5, 0.6) is 0 Å². The van der Waals surface area contributed by atoms with Crippen LogP contribution >= 0.6 is 11.6 Å². The Kier molecular flexibility index (Phi) is 5.19. The van der Waals surface area contributed by atoms with Gasteiger partial charge in [0.25, 0.3) is 0 Å². The van der Waals surface area contributed by atoms with E-state index in [-0.39, 0.29) is 29.2 Å². The third-order valence-corrected chi connectivity index (χ3v) is 3.88. The Labute approximate surface area is 129 Å². The standard InChI is InChI=1S/C15H20ClFN2O2/c1-9-7-19(8-10(2)21-9)11(3)15(20)18-14-5-4-12(17)6-13(14)16/h4-6,9-11H,7-8H2,1-3H3,(H,18,20)/t9-,10+,11-/m1/s1. The van der Waals surface area contributed by atoms with E-state index in [1.807, 2.05) is 20.8 Å². The molecule has 116 valence electrons. The average molecular weight is 315 g/mol. The predicted octanol–water partition coefficient (Wildman–Crippen LogP) is 2.92. The van der Waals surface area contributed by atoms with Crippen LogP contribution in [0.4, 0.5) is 10.1 Å². The van der Waals surface area contributed by atoms with E-state index >= 15 is 0 Å². The van der Waals surface area contributed by atoms with Gasteiger partial charge in [0.05, 0.1) is 29.0 Å². The third-order valence-electron chi connectivity index (χ3n) is 3.56. The van der Waals surface area contributed by atoms with Gasteiger partial charge in [-0.3, -0.25) is 9.69 Å². The number of nitrogens with one attached hydrogen (secondary N) is 1. The van der Waals surface area contributed by atoms with E-state index in [1.165, 1.54) is 18.2 Å². The highest BCUT2D eigenvalue weighted by Gasteiger charge is 2.29. The average Bonchev–Trinajstić information content (AvgIpc) is 2.40. The third kappa shape index (κ3) is 4.15. The molecule has 0 saturated carbocycles. The number of morpholine rings is 1. The largest absolute Gasteiger partial charge is 0.373 e. The first-order valence-corrected chi connectivity index (χ1v) is 7.40. The van der Waals surface area contributed by atoms with Crippen LogP contribution in [0.3, 0.4) is 0 Å². The number of benzene rings is 1. The molecule has 1 fully saturated rings. The molecule has 3 atom stereocenters. The second-order valence-corrected chi connectivity index (χ2v) is 5.91. The van der Waals surface area contributed by atoms with Gasteiger partial charge < -0.3 is 10.1 Å². The van der Waals surface area contributed by atoms with Crippen molar-refractivity contribution in [3.05, 3.63) is 29.0 Å². The zero-order valence-corrected chi connectivity index (χ0v) is 13.2. The molecule has 0 aromatic heterocycles. The molecule has 0 radical (unpaired) electrons. The molecule has 1 aliphatic rings. The van der Waals surface area contributed by atoms with Gasteiger partial charge in [0, 0.05) is 13.1 Å². The zero-order valence-electron chi connectivity index (χ0n) is 12.4.